The molecule has 2 aromatic rings. The lowest BCUT2D eigenvalue weighted by atomic mass is 10.3. The summed E-state index contributed by atoms with van der Waals surface area (Å²) in [5.74, 6) is 0.160. The van der Waals surface area contributed by atoms with Crippen molar-refractivity contribution in [2.24, 2.45) is 0 Å². The number of hydrogen-bond acceptors (Lipinski definition) is 6. The Morgan fingerprint density at radius 1 is 1.24 bits per heavy atom. The Balaban J connectivity index is 2.30. The minimum atomic E-state index is 0.0507. The molecule has 5 nitrogen and oxygen atoms in total. The molecule has 1 aromatic heterocycles. The third kappa shape index (κ3) is 2.98. The Bertz CT molecular complexity index is 539. The summed E-state index contributed by atoms with van der Waals surface area (Å²) >= 11 is 6.90. The number of halogens is 1. The maximum absolute atomic E-state index is 9.61. The lowest BCUT2D eigenvalue weighted by molar-refractivity contribution is 0.373. The predicted molar refractivity (Wildman–Crippen MR) is 63.6 cm³/mol. The topological polar surface area (TPSA) is 68.1 Å². The standard InChI is InChI=1S/C10H8ClN3O2S/c1-16-9-12-8(11)13-10(14-9)17-7-5-3-2-4-6(7)15/h2-5,15H,1H3. The van der Waals surface area contributed by atoms with Gasteiger partial charge in [-0.25, -0.2) is 0 Å². The first-order valence-corrected chi connectivity index (χ1v) is 5.80. The van der Waals surface area contributed by atoms with Gasteiger partial charge in [0.15, 0.2) is 5.16 Å². The molecule has 0 bridgehead atoms. The molecule has 0 atom stereocenters. The highest BCUT2D eigenvalue weighted by atomic mass is 35.5. The highest BCUT2D eigenvalue weighted by molar-refractivity contribution is 7.99. The molecule has 0 aliphatic rings. The van der Waals surface area contributed by atoms with Crippen molar-refractivity contribution in [3.8, 4) is 11.8 Å². The van der Waals surface area contributed by atoms with E-state index in [4.69, 9.17) is 16.3 Å². The summed E-state index contributed by atoms with van der Waals surface area (Å²) in [6.07, 6.45) is 0. The van der Waals surface area contributed by atoms with Gasteiger partial charge in [-0.3, -0.25) is 0 Å². The summed E-state index contributed by atoms with van der Waals surface area (Å²) < 4.78 is 4.88. The summed E-state index contributed by atoms with van der Waals surface area (Å²) in [7, 11) is 1.44. The van der Waals surface area contributed by atoms with Crippen molar-refractivity contribution in [3.05, 3.63) is 29.5 Å². The molecule has 2 rings (SSSR count). The minimum Gasteiger partial charge on any atom is -0.507 e. The summed E-state index contributed by atoms with van der Waals surface area (Å²) in [5, 5.41) is 10.0. The van der Waals surface area contributed by atoms with Crippen LogP contribution in [0.15, 0.2) is 34.3 Å². The second-order valence-corrected chi connectivity index (χ2v) is 4.29. The second kappa shape index (κ2) is 5.20. The van der Waals surface area contributed by atoms with Gasteiger partial charge in [0.25, 0.3) is 0 Å². The molecule has 0 fully saturated rings. The van der Waals surface area contributed by atoms with E-state index in [9.17, 15) is 5.11 Å². The molecule has 0 aliphatic heterocycles. The number of methoxy groups -OCH3 is 1. The second-order valence-electron chi connectivity index (χ2n) is 2.94. The van der Waals surface area contributed by atoms with Gasteiger partial charge in [-0.2, -0.15) is 15.0 Å². The van der Waals surface area contributed by atoms with Crippen molar-refractivity contribution in [3.63, 3.8) is 0 Å². The van der Waals surface area contributed by atoms with Gasteiger partial charge in [0.2, 0.25) is 5.28 Å². The van der Waals surface area contributed by atoms with E-state index in [-0.39, 0.29) is 17.0 Å². The van der Waals surface area contributed by atoms with Crippen LogP contribution in [-0.4, -0.2) is 27.2 Å². The van der Waals surface area contributed by atoms with Gasteiger partial charge in [0, 0.05) is 0 Å². The molecule has 1 N–H and O–H groups in total. The van der Waals surface area contributed by atoms with Crippen LogP contribution in [0.4, 0.5) is 0 Å². The molecule has 17 heavy (non-hydrogen) atoms. The van der Waals surface area contributed by atoms with Crippen molar-refractivity contribution in [1.82, 2.24) is 15.0 Å². The third-order valence-electron chi connectivity index (χ3n) is 1.82. The maximum Gasteiger partial charge on any atom is 0.321 e. The molecular weight excluding hydrogens is 262 g/mol. The van der Waals surface area contributed by atoms with Crippen molar-refractivity contribution >= 4 is 23.4 Å². The highest BCUT2D eigenvalue weighted by Crippen LogP contribution is 2.32. The van der Waals surface area contributed by atoms with Crippen molar-refractivity contribution < 1.29 is 9.84 Å². The lowest BCUT2D eigenvalue weighted by Gasteiger charge is -2.04. The Morgan fingerprint density at radius 3 is 2.71 bits per heavy atom. The van der Waals surface area contributed by atoms with Gasteiger partial charge in [0.1, 0.15) is 5.75 Å². The van der Waals surface area contributed by atoms with Crippen molar-refractivity contribution in [2.75, 3.05) is 7.11 Å². The average Bonchev–Trinajstić information content (AvgIpc) is 2.31. The van der Waals surface area contributed by atoms with Crippen LogP contribution in [0, 0.1) is 0 Å². The first-order chi connectivity index (χ1) is 8.19. The van der Waals surface area contributed by atoms with E-state index < -0.39 is 0 Å². The summed E-state index contributed by atoms with van der Waals surface area (Å²) in [6.45, 7) is 0. The van der Waals surface area contributed by atoms with Gasteiger partial charge in [0.05, 0.1) is 12.0 Å². The Kier molecular flexibility index (Phi) is 3.65. The summed E-state index contributed by atoms with van der Waals surface area (Å²) in [5.41, 5.74) is 0. The number of rotatable bonds is 3. The first kappa shape index (κ1) is 11.9. The largest absolute Gasteiger partial charge is 0.507 e. The van der Waals surface area contributed by atoms with Crippen LogP contribution in [-0.2, 0) is 0 Å². The van der Waals surface area contributed by atoms with Crippen molar-refractivity contribution in [1.29, 1.82) is 0 Å². The van der Waals surface area contributed by atoms with E-state index >= 15 is 0 Å². The normalized spacial score (nSPS) is 10.2. The number of phenols is 1. The molecule has 0 saturated heterocycles. The molecule has 0 unspecified atom stereocenters. The number of phenolic OH excluding ortho intramolecular Hbond substituents is 1. The lowest BCUT2D eigenvalue weighted by Crippen LogP contribution is -1.96. The Labute approximate surface area is 107 Å². The molecule has 0 amide bonds. The third-order valence-corrected chi connectivity index (χ3v) is 2.92. The summed E-state index contributed by atoms with van der Waals surface area (Å²) in [4.78, 5) is 12.3. The molecule has 0 radical (unpaired) electrons. The molecule has 7 heteroatoms. The SMILES string of the molecule is COc1nc(Cl)nc(Sc2ccccc2O)n1. The Morgan fingerprint density at radius 2 is 2.00 bits per heavy atom. The van der Waals surface area contributed by atoms with E-state index in [0.29, 0.717) is 10.1 Å². The molecule has 0 spiro atoms. The van der Waals surface area contributed by atoms with Gasteiger partial charge < -0.3 is 9.84 Å². The molecule has 88 valence electrons. The smallest absolute Gasteiger partial charge is 0.321 e. The van der Waals surface area contributed by atoms with Crippen LogP contribution >= 0.6 is 23.4 Å². The van der Waals surface area contributed by atoms with E-state index in [1.165, 1.54) is 18.9 Å². The number of aromatic hydroxyl groups is 1. The van der Waals surface area contributed by atoms with E-state index in [0.717, 1.165) is 0 Å². The van der Waals surface area contributed by atoms with Crippen LogP contribution in [0.5, 0.6) is 11.8 Å². The number of aromatic nitrogens is 3. The van der Waals surface area contributed by atoms with Gasteiger partial charge in [-0.05, 0) is 35.5 Å². The van der Waals surface area contributed by atoms with Gasteiger partial charge in [-0.1, -0.05) is 12.1 Å². The van der Waals surface area contributed by atoms with Gasteiger partial charge >= 0.3 is 6.01 Å². The number of benzene rings is 1. The predicted octanol–water partition coefficient (Wildman–Crippen LogP) is 2.39. The number of hydrogen-bond donors (Lipinski definition) is 1. The fourth-order valence-electron chi connectivity index (χ4n) is 1.09. The number of para-hydroxylation sites is 1. The van der Waals surface area contributed by atoms with Crippen LogP contribution in [0.25, 0.3) is 0 Å². The van der Waals surface area contributed by atoms with Crippen LogP contribution < -0.4 is 4.74 Å². The van der Waals surface area contributed by atoms with Crippen LogP contribution in [0.2, 0.25) is 5.28 Å². The molecular formula is C10H8ClN3O2S. The fraction of sp³-hybridized carbons (Fsp3) is 0.100. The average molecular weight is 270 g/mol. The van der Waals surface area contributed by atoms with Gasteiger partial charge in [-0.15, -0.1) is 0 Å². The molecule has 1 heterocycles. The zero-order valence-electron chi connectivity index (χ0n) is 8.79. The molecule has 0 aliphatic carbocycles. The monoisotopic (exact) mass is 269 g/mol. The summed E-state index contributed by atoms with van der Waals surface area (Å²) in [6, 6.07) is 7.03. The highest BCUT2D eigenvalue weighted by Gasteiger charge is 2.09. The first-order valence-electron chi connectivity index (χ1n) is 4.60. The zero-order valence-corrected chi connectivity index (χ0v) is 10.4. The zero-order chi connectivity index (χ0) is 12.3. The molecule has 0 saturated carbocycles. The number of ether oxygens (including phenoxy) is 1. The van der Waals surface area contributed by atoms with E-state index in [2.05, 4.69) is 15.0 Å². The quantitative estimate of drug-likeness (QED) is 0.923. The minimum absolute atomic E-state index is 0.0507. The molecule has 1 aromatic carbocycles. The fourth-order valence-corrected chi connectivity index (χ4v) is 2.07. The van der Waals surface area contributed by atoms with E-state index in [1.54, 1.807) is 18.2 Å². The maximum atomic E-state index is 9.61. The number of nitrogens with zero attached hydrogens (tertiary/aromatic N) is 3. The van der Waals surface area contributed by atoms with Crippen LogP contribution in [0.3, 0.4) is 0 Å². The Hall–Kier alpha value is -1.53. The van der Waals surface area contributed by atoms with Crippen molar-refractivity contribution in [2.45, 2.75) is 10.1 Å². The van der Waals surface area contributed by atoms with Crippen LogP contribution in [0.1, 0.15) is 0 Å². The van der Waals surface area contributed by atoms with E-state index in [1.807, 2.05) is 6.07 Å².